The van der Waals surface area contributed by atoms with E-state index < -0.39 is 15.3 Å². The van der Waals surface area contributed by atoms with Gasteiger partial charge in [0.2, 0.25) is 16.0 Å². The average molecular weight is 270 g/mol. The van der Waals surface area contributed by atoms with Crippen LogP contribution in [-0.2, 0) is 10.0 Å². The Kier molecular flexibility index (Phi) is 2.14. The maximum atomic E-state index is 12.2. The Hall–Kier alpha value is -1.28. The highest BCUT2D eigenvalue weighted by atomic mass is 32.2. The third-order valence-electron chi connectivity index (χ3n) is 2.94. The molecule has 0 saturated carbocycles. The maximum absolute atomic E-state index is 12.2. The third kappa shape index (κ3) is 1.37. The van der Waals surface area contributed by atoms with E-state index in [9.17, 15) is 8.42 Å². The van der Waals surface area contributed by atoms with Gasteiger partial charge in [0, 0.05) is 7.05 Å². The number of nitrogens with zero attached hydrogens (tertiary/aromatic N) is 3. The number of fused-ring (bicyclic) bond motifs is 3. The minimum Gasteiger partial charge on any atom is -0.368 e. The lowest BCUT2D eigenvalue weighted by Gasteiger charge is -2.33. The molecule has 0 unspecified atom stereocenters. The van der Waals surface area contributed by atoms with Gasteiger partial charge in [-0.2, -0.15) is 0 Å². The van der Waals surface area contributed by atoms with Gasteiger partial charge in [0.15, 0.2) is 0 Å². The second-order valence-corrected chi connectivity index (χ2v) is 7.04. The van der Waals surface area contributed by atoms with Crippen LogP contribution in [0, 0.1) is 0 Å². The minimum atomic E-state index is -3.36. The molecule has 2 N–H and O–H groups in total. The summed E-state index contributed by atoms with van der Waals surface area (Å²) in [4.78, 5) is 8.03. The molecule has 2 aliphatic heterocycles. The average Bonchev–Trinajstić information content (AvgIpc) is 2.76. The highest BCUT2D eigenvalue weighted by Gasteiger charge is 2.45. The molecule has 6 nitrogen and oxygen atoms in total. The van der Waals surface area contributed by atoms with Gasteiger partial charge in [-0.15, -0.1) is 11.8 Å². The summed E-state index contributed by atoms with van der Waals surface area (Å²) in [6, 6.07) is 0. The fraction of sp³-hybridized carbons (Fsp3) is 0.333. The van der Waals surface area contributed by atoms with Crippen LogP contribution < -0.4 is 10.0 Å². The molecule has 8 heteroatoms. The van der Waals surface area contributed by atoms with Crippen molar-refractivity contribution >= 4 is 33.4 Å². The Morgan fingerprint density at radius 3 is 3.06 bits per heavy atom. The molecule has 0 amide bonds. The molecule has 2 atom stereocenters. The largest absolute Gasteiger partial charge is 0.368 e. The van der Waals surface area contributed by atoms with Crippen LogP contribution >= 0.6 is 11.8 Å². The number of nitrogen functional groups attached to an aromatic ring is 1. The molecular weight excluding hydrogens is 260 g/mol. The van der Waals surface area contributed by atoms with Crippen molar-refractivity contribution in [3.63, 3.8) is 0 Å². The third-order valence-corrected chi connectivity index (χ3v) is 6.32. The van der Waals surface area contributed by atoms with Gasteiger partial charge in [0.1, 0.15) is 5.25 Å². The van der Waals surface area contributed by atoms with Gasteiger partial charge >= 0.3 is 0 Å². The van der Waals surface area contributed by atoms with Crippen LogP contribution in [0.15, 0.2) is 17.7 Å². The molecule has 17 heavy (non-hydrogen) atoms. The van der Waals surface area contributed by atoms with E-state index in [2.05, 4.69) is 9.97 Å². The Labute approximate surface area is 103 Å². The van der Waals surface area contributed by atoms with E-state index in [0.29, 0.717) is 11.4 Å². The molecule has 0 fully saturated rings. The topological polar surface area (TPSA) is 89.2 Å². The van der Waals surface area contributed by atoms with Crippen LogP contribution in [0.4, 0.5) is 11.6 Å². The van der Waals surface area contributed by atoms with Gasteiger partial charge in [-0.3, -0.25) is 4.31 Å². The van der Waals surface area contributed by atoms with E-state index in [4.69, 9.17) is 5.73 Å². The van der Waals surface area contributed by atoms with Crippen LogP contribution in [0.2, 0.25) is 0 Å². The molecule has 1 aromatic rings. The van der Waals surface area contributed by atoms with Crippen molar-refractivity contribution in [1.29, 1.82) is 0 Å². The number of aromatic nitrogens is 2. The number of hydrogen-bond acceptors (Lipinski definition) is 6. The number of hydrogen-bond donors (Lipinski definition) is 1. The summed E-state index contributed by atoms with van der Waals surface area (Å²) in [6.45, 7) is 0. The van der Waals surface area contributed by atoms with E-state index in [-0.39, 0.29) is 11.2 Å². The number of thioether (sulfide) groups is 1. The van der Waals surface area contributed by atoms with Crippen molar-refractivity contribution in [3.8, 4) is 0 Å². The summed E-state index contributed by atoms with van der Waals surface area (Å²) in [5.74, 6) is 0.169. The summed E-state index contributed by atoms with van der Waals surface area (Å²) in [7, 11) is -1.85. The van der Waals surface area contributed by atoms with E-state index in [1.807, 2.05) is 0 Å². The van der Waals surface area contributed by atoms with Crippen molar-refractivity contribution in [2.45, 2.75) is 10.5 Å². The quantitative estimate of drug-likeness (QED) is 0.738. The zero-order chi connectivity index (χ0) is 12.2. The molecule has 0 saturated heterocycles. The van der Waals surface area contributed by atoms with Crippen LogP contribution in [0.1, 0.15) is 10.9 Å². The maximum Gasteiger partial charge on any atom is 0.243 e. The van der Waals surface area contributed by atoms with Gasteiger partial charge < -0.3 is 5.73 Å². The van der Waals surface area contributed by atoms with Gasteiger partial charge in [-0.1, -0.05) is 6.08 Å². The van der Waals surface area contributed by atoms with Gasteiger partial charge in [0.05, 0.1) is 22.8 Å². The van der Waals surface area contributed by atoms with E-state index in [1.165, 1.54) is 29.3 Å². The first kappa shape index (κ1) is 10.8. The fourth-order valence-electron chi connectivity index (χ4n) is 2.04. The lowest BCUT2D eigenvalue weighted by Crippen LogP contribution is -2.42. The molecule has 0 bridgehead atoms. The normalized spacial score (nSPS) is 28.9. The van der Waals surface area contributed by atoms with Crippen molar-refractivity contribution < 1.29 is 8.42 Å². The molecular formula is C9H10N4O2S2. The monoisotopic (exact) mass is 270 g/mol. The summed E-state index contributed by atoms with van der Waals surface area (Å²) in [5, 5.41) is 1.03. The molecule has 3 heterocycles. The molecule has 1 aromatic heterocycles. The van der Waals surface area contributed by atoms with Crippen molar-refractivity contribution in [2.75, 3.05) is 17.1 Å². The van der Waals surface area contributed by atoms with Crippen LogP contribution in [0.3, 0.4) is 0 Å². The lowest BCUT2D eigenvalue weighted by atomic mass is 10.2. The SMILES string of the molecule is CN1c2cnc(N)nc2[C@H]2SC=C[C@H]2S1(=O)=O. The van der Waals surface area contributed by atoms with Crippen LogP contribution in [0.25, 0.3) is 0 Å². The number of sulfonamides is 1. The first-order chi connectivity index (χ1) is 8.01. The molecule has 0 aliphatic carbocycles. The highest BCUT2D eigenvalue weighted by Crippen LogP contribution is 2.49. The van der Waals surface area contributed by atoms with Gasteiger partial charge in [-0.25, -0.2) is 18.4 Å². The van der Waals surface area contributed by atoms with E-state index in [0.717, 1.165) is 0 Å². The fourth-order valence-corrected chi connectivity index (χ4v) is 5.22. The van der Waals surface area contributed by atoms with Gasteiger partial charge in [0.25, 0.3) is 0 Å². The predicted octanol–water partition coefficient (Wildman–Crippen LogP) is 0.509. The van der Waals surface area contributed by atoms with E-state index >= 15 is 0 Å². The lowest BCUT2D eigenvalue weighted by molar-refractivity contribution is 0.581. The minimum absolute atomic E-state index is 0.169. The second kappa shape index (κ2) is 3.36. The molecule has 0 radical (unpaired) electrons. The highest BCUT2D eigenvalue weighted by molar-refractivity contribution is 8.04. The molecule has 2 aliphatic rings. The Balaban J connectivity index is 2.27. The molecule has 0 aromatic carbocycles. The summed E-state index contributed by atoms with van der Waals surface area (Å²) in [5.41, 5.74) is 6.76. The summed E-state index contributed by atoms with van der Waals surface area (Å²) < 4.78 is 25.7. The first-order valence-corrected chi connectivity index (χ1v) is 7.38. The van der Waals surface area contributed by atoms with E-state index in [1.54, 1.807) is 11.5 Å². The van der Waals surface area contributed by atoms with Crippen molar-refractivity contribution in [1.82, 2.24) is 9.97 Å². The number of rotatable bonds is 0. The van der Waals surface area contributed by atoms with Crippen LogP contribution in [0.5, 0.6) is 0 Å². The Morgan fingerprint density at radius 1 is 1.53 bits per heavy atom. The first-order valence-electron chi connectivity index (χ1n) is 4.94. The summed E-state index contributed by atoms with van der Waals surface area (Å²) in [6.07, 6.45) is 3.16. The Morgan fingerprint density at radius 2 is 2.29 bits per heavy atom. The van der Waals surface area contributed by atoms with Gasteiger partial charge in [-0.05, 0) is 5.41 Å². The second-order valence-electron chi connectivity index (χ2n) is 3.86. The standard InChI is InChI=1S/C9H10N4O2S2/c1-13-5-4-11-9(10)12-7(5)8-6(2-3-16-8)17(13,14)15/h2-4,6,8H,1H3,(H2,10,11,12)/t6-,8+/m1/s1. The van der Waals surface area contributed by atoms with Crippen molar-refractivity contribution in [2.24, 2.45) is 0 Å². The number of anilines is 2. The van der Waals surface area contributed by atoms with Crippen molar-refractivity contribution in [3.05, 3.63) is 23.4 Å². The molecule has 90 valence electrons. The number of nitrogens with two attached hydrogens (primary N) is 1. The van der Waals surface area contributed by atoms with Crippen LogP contribution in [-0.4, -0.2) is 30.7 Å². The zero-order valence-corrected chi connectivity index (χ0v) is 10.6. The predicted molar refractivity (Wildman–Crippen MR) is 67.0 cm³/mol. The molecule has 3 rings (SSSR count). The smallest absolute Gasteiger partial charge is 0.243 e. The molecule has 0 spiro atoms. The Bertz CT molecular complexity index is 613. The zero-order valence-electron chi connectivity index (χ0n) is 8.94. The summed E-state index contributed by atoms with van der Waals surface area (Å²) >= 11 is 1.45.